The molecule has 1 N–H and O–H groups in total. The van der Waals surface area contributed by atoms with Crippen LogP contribution in [0.2, 0.25) is 0 Å². The first-order valence-electron chi connectivity index (χ1n) is 11.7. The number of aliphatic hydroxyl groups excluding tert-OH is 1. The van der Waals surface area contributed by atoms with Crippen LogP contribution in [0.15, 0.2) is 76.8 Å². The summed E-state index contributed by atoms with van der Waals surface area (Å²) in [7, 11) is 3.07. The number of hydrogen-bond acceptors (Lipinski definition) is 6. The van der Waals surface area contributed by atoms with E-state index in [1.54, 1.807) is 42.5 Å². The lowest BCUT2D eigenvalue weighted by molar-refractivity contribution is -0.140. The molecule has 1 unspecified atom stereocenters. The van der Waals surface area contributed by atoms with Crippen LogP contribution in [0.25, 0.3) is 5.76 Å². The highest BCUT2D eigenvalue weighted by atomic mass is 79.9. The zero-order chi connectivity index (χ0) is 26.5. The van der Waals surface area contributed by atoms with Gasteiger partial charge in [0.05, 0.1) is 29.8 Å². The molecular formula is C29H28BrNO6. The van der Waals surface area contributed by atoms with Crippen LogP contribution in [0.5, 0.6) is 11.5 Å². The topological polar surface area (TPSA) is 85.3 Å². The number of carbonyl (C=O) groups is 2. The van der Waals surface area contributed by atoms with E-state index in [9.17, 15) is 14.7 Å². The van der Waals surface area contributed by atoms with Crippen molar-refractivity contribution < 1.29 is 28.9 Å². The largest absolute Gasteiger partial charge is 0.507 e. The summed E-state index contributed by atoms with van der Waals surface area (Å²) in [5.41, 5.74) is 3.32. The van der Waals surface area contributed by atoms with Crippen LogP contribution >= 0.6 is 15.9 Å². The molecule has 1 atom stereocenters. The van der Waals surface area contributed by atoms with E-state index in [2.05, 4.69) is 15.9 Å². The standard InChI is InChI=1S/C29H28BrNO6/c1-18-6-4-5-7-21(18)17-37-22-11-8-19(9-12-22)26-25(28(33)29(34)31(26)14-15-35-2)27(32)20-10-13-24(36-3)23(30)16-20/h4-13,16,26,32H,14-15,17H2,1-3H3/b27-25-. The van der Waals surface area contributed by atoms with Gasteiger partial charge in [0.1, 0.15) is 23.9 Å². The molecule has 0 spiro atoms. The maximum Gasteiger partial charge on any atom is 0.295 e. The van der Waals surface area contributed by atoms with Gasteiger partial charge in [-0.15, -0.1) is 0 Å². The number of aliphatic hydroxyl groups is 1. The summed E-state index contributed by atoms with van der Waals surface area (Å²) in [6.45, 7) is 2.90. The van der Waals surface area contributed by atoms with Gasteiger partial charge in [-0.1, -0.05) is 36.4 Å². The summed E-state index contributed by atoms with van der Waals surface area (Å²) in [6.07, 6.45) is 0. The fraction of sp³-hybridized carbons (Fsp3) is 0.241. The Hall–Kier alpha value is -3.62. The van der Waals surface area contributed by atoms with E-state index in [-0.39, 0.29) is 24.5 Å². The van der Waals surface area contributed by atoms with Gasteiger partial charge in [0.15, 0.2) is 0 Å². The highest BCUT2D eigenvalue weighted by Crippen LogP contribution is 2.40. The van der Waals surface area contributed by atoms with Gasteiger partial charge in [0.25, 0.3) is 11.7 Å². The molecule has 1 aliphatic rings. The van der Waals surface area contributed by atoms with Crippen molar-refractivity contribution in [2.45, 2.75) is 19.6 Å². The molecule has 0 bridgehead atoms. The molecule has 1 fully saturated rings. The maximum absolute atomic E-state index is 13.1. The van der Waals surface area contributed by atoms with Crippen molar-refractivity contribution in [1.82, 2.24) is 4.90 Å². The predicted molar refractivity (Wildman–Crippen MR) is 144 cm³/mol. The third-order valence-electron chi connectivity index (χ3n) is 6.35. The van der Waals surface area contributed by atoms with Crippen molar-refractivity contribution in [3.63, 3.8) is 0 Å². The molecule has 0 aliphatic carbocycles. The Balaban J connectivity index is 1.69. The van der Waals surface area contributed by atoms with E-state index in [4.69, 9.17) is 14.2 Å². The molecule has 1 heterocycles. The SMILES string of the molecule is COCCN1C(=O)C(=O)/C(=C(\O)c2ccc(OC)c(Br)c2)C1c1ccc(OCc2ccccc2C)cc1. The average molecular weight is 566 g/mol. The fourth-order valence-electron chi connectivity index (χ4n) is 4.30. The normalized spacial score (nSPS) is 16.8. The second-order valence-electron chi connectivity index (χ2n) is 8.62. The quantitative estimate of drug-likeness (QED) is 0.212. The van der Waals surface area contributed by atoms with Crippen LogP contribution in [0.1, 0.15) is 28.3 Å². The van der Waals surface area contributed by atoms with Crippen LogP contribution in [-0.4, -0.2) is 49.1 Å². The van der Waals surface area contributed by atoms with Crippen molar-refractivity contribution >= 4 is 33.4 Å². The Labute approximate surface area is 224 Å². The summed E-state index contributed by atoms with van der Waals surface area (Å²) in [4.78, 5) is 27.6. The number of nitrogens with zero attached hydrogens (tertiary/aromatic N) is 1. The number of Topliss-reactive ketones (excluding diaryl/α,β-unsaturated/α-hetero) is 1. The zero-order valence-electron chi connectivity index (χ0n) is 20.9. The first-order chi connectivity index (χ1) is 17.8. The van der Waals surface area contributed by atoms with E-state index in [0.29, 0.717) is 33.7 Å². The van der Waals surface area contributed by atoms with Crippen LogP contribution in [0.4, 0.5) is 0 Å². The van der Waals surface area contributed by atoms with Gasteiger partial charge >= 0.3 is 0 Å². The van der Waals surface area contributed by atoms with E-state index in [0.717, 1.165) is 11.1 Å². The van der Waals surface area contributed by atoms with Crippen LogP contribution in [-0.2, 0) is 20.9 Å². The summed E-state index contributed by atoms with van der Waals surface area (Å²) >= 11 is 3.41. The Morgan fingerprint density at radius 1 is 1.03 bits per heavy atom. The summed E-state index contributed by atoms with van der Waals surface area (Å²) in [6, 6.07) is 19.4. The lowest BCUT2D eigenvalue weighted by atomic mass is 9.95. The number of ketones is 1. The average Bonchev–Trinajstić information content (AvgIpc) is 3.16. The summed E-state index contributed by atoms with van der Waals surface area (Å²) in [5, 5.41) is 11.2. The molecule has 1 aliphatic heterocycles. The van der Waals surface area contributed by atoms with E-state index in [1.165, 1.54) is 19.1 Å². The number of benzene rings is 3. The van der Waals surface area contributed by atoms with E-state index < -0.39 is 17.7 Å². The molecule has 1 saturated heterocycles. The number of amides is 1. The second-order valence-corrected chi connectivity index (χ2v) is 9.47. The highest BCUT2D eigenvalue weighted by Gasteiger charge is 2.45. The Bertz CT molecular complexity index is 1330. The minimum absolute atomic E-state index is 0.0201. The van der Waals surface area contributed by atoms with Gasteiger partial charge in [0, 0.05) is 19.2 Å². The number of likely N-dealkylation sites (tertiary alicyclic amines) is 1. The smallest absolute Gasteiger partial charge is 0.295 e. The monoisotopic (exact) mass is 565 g/mol. The van der Waals surface area contributed by atoms with Crippen molar-refractivity contribution in [3.05, 3.63) is 99.0 Å². The van der Waals surface area contributed by atoms with E-state index >= 15 is 0 Å². The third kappa shape index (κ3) is 5.55. The molecule has 192 valence electrons. The van der Waals surface area contributed by atoms with E-state index in [1.807, 2.05) is 31.2 Å². The molecule has 3 aromatic carbocycles. The lowest BCUT2D eigenvalue weighted by Gasteiger charge is -2.25. The molecule has 4 rings (SSSR count). The van der Waals surface area contributed by atoms with Gasteiger partial charge in [-0.2, -0.15) is 0 Å². The minimum Gasteiger partial charge on any atom is -0.507 e. The van der Waals surface area contributed by atoms with Gasteiger partial charge in [-0.3, -0.25) is 9.59 Å². The number of methoxy groups -OCH3 is 2. The van der Waals surface area contributed by atoms with Crippen LogP contribution in [0, 0.1) is 6.92 Å². The minimum atomic E-state index is -0.776. The third-order valence-corrected chi connectivity index (χ3v) is 6.97. The number of aryl methyl sites for hydroxylation is 1. The Kier molecular flexibility index (Phi) is 8.31. The molecule has 1 amide bonds. The lowest BCUT2D eigenvalue weighted by Crippen LogP contribution is -2.32. The summed E-state index contributed by atoms with van der Waals surface area (Å²) < 4.78 is 17.0. The number of hydrogen-bond donors (Lipinski definition) is 1. The molecular weight excluding hydrogens is 538 g/mol. The summed E-state index contributed by atoms with van der Waals surface area (Å²) in [5.74, 6) is -0.456. The Morgan fingerprint density at radius 3 is 2.41 bits per heavy atom. The number of halogens is 1. The maximum atomic E-state index is 13.1. The van der Waals surface area contributed by atoms with Gasteiger partial charge in [-0.25, -0.2) is 0 Å². The van der Waals surface area contributed by atoms with Crippen molar-refractivity contribution in [1.29, 1.82) is 0 Å². The molecule has 37 heavy (non-hydrogen) atoms. The number of ether oxygens (including phenoxy) is 3. The molecule has 0 aromatic heterocycles. The fourth-order valence-corrected chi connectivity index (χ4v) is 4.84. The molecule has 7 nitrogen and oxygen atoms in total. The highest BCUT2D eigenvalue weighted by molar-refractivity contribution is 9.10. The number of carbonyl (C=O) groups excluding carboxylic acids is 2. The predicted octanol–water partition coefficient (Wildman–Crippen LogP) is 5.41. The van der Waals surface area contributed by atoms with Crippen molar-refractivity contribution in [3.8, 4) is 11.5 Å². The Morgan fingerprint density at radius 2 is 1.76 bits per heavy atom. The van der Waals surface area contributed by atoms with Crippen molar-refractivity contribution in [2.24, 2.45) is 0 Å². The van der Waals surface area contributed by atoms with Crippen LogP contribution < -0.4 is 9.47 Å². The first-order valence-corrected chi connectivity index (χ1v) is 12.5. The zero-order valence-corrected chi connectivity index (χ0v) is 22.4. The van der Waals surface area contributed by atoms with Gasteiger partial charge in [0.2, 0.25) is 0 Å². The molecule has 3 aromatic rings. The molecule has 8 heteroatoms. The van der Waals surface area contributed by atoms with Gasteiger partial charge < -0.3 is 24.2 Å². The van der Waals surface area contributed by atoms with Gasteiger partial charge in [-0.05, 0) is 69.9 Å². The first kappa shape index (κ1) is 26.4. The number of rotatable bonds is 9. The second kappa shape index (κ2) is 11.6. The van der Waals surface area contributed by atoms with Crippen LogP contribution in [0.3, 0.4) is 0 Å². The molecule has 0 saturated carbocycles. The molecule has 0 radical (unpaired) electrons. The van der Waals surface area contributed by atoms with Crippen molar-refractivity contribution in [2.75, 3.05) is 27.4 Å².